The Labute approximate surface area is 79.6 Å². The van der Waals surface area contributed by atoms with Gasteiger partial charge in [0.15, 0.2) is 0 Å². The maximum Gasteiger partial charge on any atom is 0.405 e. The molecule has 5 nitrogen and oxygen atoms in total. The Kier molecular flexibility index (Phi) is 7.51. The normalized spacial score (nSPS) is 11.9. The number of nitrogens with one attached hydrogen (secondary N) is 1. The van der Waals surface area contributed by atoms with Gasteiger partial charge in [-0.25, -0.2) is 9.65 Å². The SMILES string of the molecule is CCOP(=O)(NCCCN)OCC. The number of rotatable bonds is 8. The van der Waals surface area contributed by atoms with Crippen LogP contribution in [-0.2, 0) is 13.6 Å². The van der Waals surface area contributed by atoms with Crippen LogP contribution < -0.4 is 10.8 Å². The zero-order valence-corrected chi connectivity index (χ0v) is 9.18. The predicted molar refractivity (Wildman–Crippen MR) is 52.5 cm³/mol. The van der Waals surface area contributed by atoms with E-state index in [1.54, 1.807) is 13.8 Å². The molecule has 0 aliphatic heterocycles. The van der Waals surface area contributed by atoms with E-state index in [1.165, 1.54) is 0 Å². The Balaban J connectivity index is 3.85. The molecule has 0 amide bonds. The third-order valence-electron chi connectivity index (χ3n) is 1.28. The van der Waals surface area contributed by atoms with Crippen molar-refractivity contribution in [1.82, 2.24) is 5.09 Å². The van der Waals surface area contributed by atoms with E-state index in [-0.39, 0.29) is 0 Å². The highest BCUT2D eigenvalue weighted by atomic mass is 31.2. The quantitative estimate of drug-likeness (QED) is 0.463. The van der Waals surface area contributed by atoms with Gasteiger partial charge in [0.25, 0.3) is 0 Å². The first-order chi connectivity index (χ1) is 6.18. The van der Waals surface area contributed by atoms with Gasteiger partial charge in [0.1, 0.15) is 0 Å². The molecule has 0 aromatic rings. The van der Waals surface area contributed by atoms with Crippen molar-refractivity contribution in [2.45, 2.75) is 20.3 Å². The minimum Gasteiger partial charge on any atom is -0.330 e. The van der Waals surface area contributed by atoms with Gasteiger partial charge in [0.05, 0.1) is 13.2 Å². The highest BCUT2D eigenvalue weighted by Gasteiger charge is 2.21. The van der Waals surface area contributed by atoms with Gasteiger partial charge >= 0.3 is 7.75 Å². The van der Waals surface area contributed by atoms with Crippen molar-refractivity contribution < 1.29 is 13.6 Å². The molecule has 6 heteroatoms. The van der Waals surface area contributed by atoms with Crippen LogP contribution in [0.25, 0.3) is 0 Å². The zero-order valence-electron chi connectivity index (χ0n) is 8.28. The van der Waals surface area contributed by atoms with Gasteiger partial charge in [-0.15, -0.1) is 0 Å². The van der Waals surface area contributed by atoms with Crippen molar-refractivity contribution >= 4 is 7.75 Å². The molecule has 0 rings (SSSR count). The van der Waals surface area contributed by atoms with Gasteiger partial charge in [-0.05, 0) is 26.8 Å². The molecular formula is C7H19N2O3P. The highest BCUT2D eigenvalue weighted by molar-refractivity contribution is 7.51. The van der Waals surface area contributed by atoms with Gasteiger partial charge < -0.3 is 5.73 Å². The van der Waals surface area contributed by atoms with Gasteiger partial charge in [-0.2, -0.15) is 0 Å². The molecule has 0 atom stereocenters. The predicted octanol–water partition coefficient (Wildman–Crippen LogP) is 1.11. The minimum absolute atomic E-state index is 0.368. The van der Waals surface area contributed by atoms with Crippen LogP contribution in [0.3, 0.4) is 0 Å². The summed E-state index contributed by atoms with van der Waals surface area (Å²) >= 11 is 0. The molecule has 0 aliphatic carbocycles. The maximum atomic E-state index is 11.7. The van der Waals surface area contributed by atoms with Crippen LogP contribution in [0, 0.1) is 0 Å². The topological polar surface area (TPSA) is 73.6 Å². The molecule has 0 bridgehead atoms. The van der Waals surface area contributed by atoms with E-state index in [0.29, 0.717) is 26.3 Å². The van der Waals surface area contributed by atoms with Crippen molar-refractivity contribution in [3.63, 3.8) is 0 Å². The van der Waals surface area contributed by atoms with Crippen LogP contribution in [0.4, 0.5) is 0 Å². The summed E-state index contributed by atoms with van der Waals surface area (Å²) in [7, 11) is -3.05. The maximum absolute atomic E-state index is 11.7. The second kappa shape index (κ2) is 7.47. The fraction of sp³-hybridized carbons (Fsp3) is 1.00. The van der Waals surface area contributed by atoms with Crippen LogP contribution in [0.2, 0.25) is 0 Å². The lowest BCUT2D eigenvalue weighted by atomic mass is 10.4. The standard InChI is InChI=1S/C7H19N2O3P/c1-3-11-13(10,12-4-2)9-7-5-6-8/h3-8H2,1-2H3,(H,9,10). The summed E-state index contributed by atoms with van der Waals surface area (Å²) in [6.45, 7) is 5.39. The first-order valence-corrected chi connectivity index (χ1v) is 6.07. The third-order valence-corrected chi connectivity index (χ3v) is 3.09. The summed E-state index contributed by atoms with van der Waals surface area (Å²) in [6.07, 6.45) is 0.754. The Morgan fingerprint density at radius 3 is 2.23 bits per heavy atom. The van der Waals surface area contributed by atoms with E-state index < -0.39 is 7.75 Å². The van der Waals surface area contributed by atoms with Crippen molar-refractivity contribution in [3.05, 3.63) is 0 Å². The van der Waals surface area contributed by atoms with Crippen LogP contribution in [0.15, 0.2) is 0 Å². The van der Waals surface area contributed by atoms with E-state index >= 15 is 0 Å². The molecule has 0 aliphatic rings. The monoisotopic (exact) mass is 210 g/mol. The zero-order chi connectivity index (χ0) is 10.2. The van der Waals surface area contributed by atoms with Gasteiger partial charge in [0, 0.05) is 6.54 Å². The first kappa shape index (κ1) is 13.1. The molecule has 3 N–H and O–H groups in total. The molecule has 0 unspecified atom stereocenters. The molecule has 80 valence electrons. The fourth-order valence-corrected chi connectivity index (χ4v) is 2.16. The average Bonchev–Trinajstić information content (AvgIpc) is 2.05. The van der Waals surface area contributed by atoms with Crippen LogP contribution >= 0.6 is 7.75 Å². The van der Waals surface area contributed by atoms with E-state index in [9.17, 15) is 4.57 Å². The summed E-state index contributed by atoms with van der Waals surface area (Å²) in [6, 6.07) is 0. The molecule has 0 heterocycles. The summed E-state index contributed by atoms with van der Waals surface area (Å²) in [5.74, 6) is 0. The van der Waals surface area contributed by atoms with Crippen LogP contribution in [-0.4, -0.2) is 26.3 Å². The molecule has 0 radical (unpaired) electrons. The summed E-state index contributed by atoms with van der Waals surface area (Å²) in [4.78, 5) is 0. The summed E-state index contributed by atoms with van der Waals surface area (Å²) in [5, 5.41) is 2.73. The molecule has 13 heavy (non-hydrogen) atoms. The lowest BCUT2D eigenvalue weighted by Gasteiger charge is -2.17. The van der Waals surface area contributed by atoms with Crippen molar-refractivity contribution in [2.24, 2.45) is 5.73 Å². The minimum atomic E-state index is -3.05. The Bertz CT molecular complexity index is 156. The van der Waals surface area contributed by atoms with E-state index in [4.69, 9.17) is 14.8 Å². The second-order valence-corrected chi connectivity index (χ2v) is 4.21. The highest BCUT2D eigenvalue weighted by Crippen LogP contribution is 2.42. The van der Waals surface area contributed by atoms with Crippen molar-refractivity contribution in [3.8, 4) is 0 Å². The molecule has 0 aromatic carbocycles. The molecular weight excluding hydrogens is 191 g/mol. The Morgan fingerprint density at radius 1 is 1.31 bits per heavy atom. The van der Waals surface area contributed by atoms with E-state index in [2.05, 4.69) is 5.09 Å². The lowest BCUT2D eigenvalue weighted by molar-refractivity contribution is 0.211. The van der Waals surface area contributed by atoms with Gasteiger partial charge in [0.2, 0.25) is 0 Å². The number of hydrogen-bond acceptors (Lipinski definition) is 4. The first-order valence-electron chi connectivity index (χ1n) is 4.52. The molecule has 0 fully saturated rings. The van der Waals surface area contributed by atoms with E-state index in [1.807, 2.05) is 0 Å². The second-order valence-electron chi connectivity index (χ2n) is 2.38. The Morgan fingerprint density at radius 2 is 1.85 bits per heavy atom. The Hall–Kier alpha value is 0.0700. The fourth-order valence-electron chi connectivity index (χ4n) is 0.787. The largest absolute Gasteiger partial charge is 0.405 e. The number of nitrogens with two attached hydrogens (primary N) is 1. The van der Waals surface area contributed by atoms with E-state index in [0.717, 1.165) is 6.42 Å². The van der Waals surface area contributed by atoms with Crippen LogP contribution in [0.5, 0.6) is 0 Å². The van der Waals surface area contributed by atoms with Gasteiger partial charge in [-0.3, -0.25) is 9.05 Å². The average molecular weight is 210 g/mol. The summed E-state index contributed by atoms with van der Waals surface area (Å²) < 4.78 is 21.7. The van der Waals surface area contributed by atoms with Gasteiger partial charge in [-0.1, -0.05) is 0 Å². The molecule has 0 aromatic heterocycles. The summed E-state index contributed by atoms with van der Waals surface area (Å²) in [5.41, 5.74) is 5.29. The molecule has 0 saturated heterocycles. The number of hydrogen-bond donors (Lipinski definition) is 2. The third kappa shape index (κ3) is 6.18. The molecule has 0 saturated carbocycles. The van der Waals surface area contributed by atoms with Crippen LogP contribution in [0.1, 0.15) is 20.3 Å². The van der Waals surface area contributed by atoms with Crippen molar-refractivity contribution in [1.29, 1.82) is 0 Å². The smallest absolute Gasteiger partial charge is 0.330 e. The van der Waals surface area contributed by atoms with Crippen molar-refractivity contribution in [2.75, 3.05) is 26.3 Å². The molecule has 0 spiro atoms. The lowest BCUT2D eigenvalue weighted by Crippen LogP contribution is -2.18.